The Bertz CT molecular complexity index is 1580. The van der Waals surface area contributed by atoms with Crippen molar-refractivity contribution in [2.75, 3.05) is 30.9 Å². The van der Waals surface area contributed by atoms with Gasteiger partial charge in [0.05, 0.1) is 5.52 Å². The highest BCUT2D eigenvalue weighted by atomic mass is 32.2. The van der Waals surface area contributed by atoms with Crippen LogP contribution in [0.25, 0.3) is 10.9 Å². The third-order valence-electron chi connectivity index (χ3n) is 6.44. The molecule has 1 aliphatic heterocycles. The Morgan fingerprint density at radius 2 is 1.64 bits per heavy atom. The van der Waals surface area contributed by atoms with Gasteiger partial charge in [0.15, 0.2) is 0 Å². The molecule has 0 aliphatic carbocycles. The number of hydrogen-bond donors (Lipinski definition) is 1. The first-order valence-corrected chi connectivity index (χ1v) is 13.6. The summed E-state index contributed by atoms with van der Waals surface area (Å²) in [4.78, 5) is 21.0. The number of aromatic nitrogens is 1. The Morgan fingerprint density at radius 3 is 2.31 bits per heavy atom. The lowest BCUT2D eigenvalue weighted by atomic mass is 10.1. The number of carbonyl (C=O) groups is 1. The third-order valence-corrected chi connectivity index (χ3v) is 7.85. The van der Waals surface area contributed by atoms with Crippen LogP contribution in [0.5, 0.6) is 0 Å². The van der Waals surface area contributed by atoms with Crippen molar-refractivity contribution in [1.29, 1.82) is 0 Å². The fourth-order valence-corrected chi connectivity index (χ4v) is 5.63. The fraction of sp³-hybridized carbons (Fsp3) is 0.214. The number of hydrogen-bond acceptors (Lipinski definition) is 5. The number of nitrogens with zero attached hydrogens (tertiary/aromatic N) is 3. The number of nitrogens with one attached hydrogen (secondary N) is 1. The molecule has 0 radical (unpaired) electrons. The van der Waals surface area contributed by atoms with Crippen molar-refractivity contribution >= 4 is 32.5 Å². The molecule has 0 bridgehead atoms. The van der Waals surface area contributed by atoms with Crippen LogP contribution in [0.2, 0.25) is 0 Å². The van der Waals surface area contributed by atoms with E-state index in [2.05, 4.69) is 21.8 Å². The first kappa shape index (κ1) is 26.5. The van der Waals surface area contributed by atoms with E-state index in [9.17, 15) is 26.4 Å². The second-order valence-corrected chi connectivity index (χ2v) is 10.8. The Hall–Kier alpha value is -4.14. The molecule has 3 aromatic carbocycles. The normalized spacial score (nSPS) is 14.7. The number of alkyl halides is 3. The van der Waals surface area contributed by atoms with Crippen molar-refractivity contribution in [3.05, 3.63) is 102 Å². The van der Waals surface area contributed by atoms with E-state index >= 15 is 0 Å². The van der Waals surface area contributed by atoms with Crippen LogP contribution >= 0.6 is 0 Å². The van der Waals surface area contributed by atoms with Gasteiger partial charge in [0, 0.05) is 61.1 Å². The molecule has 1 N–H and O–H groups in total. The van der Waals surface area contributed by atoms with Crippen LogP contribution in [0, 0.1) is 12.1 Å². The van der Waals surface area contributed by atoms with Crippen molar-refractivity contribution in [2.24, 2.45) is 0 Å². The van der Waals surface area contributed by atoms with Crippen LogP contribution in [0.3, 0.4) is 0 Å². The van der Waals surface area contributed by atoms with Gasteiger partial charge in [-0.1, -0.05) is 30.3 Å². The van der Waals surface area contributed by atoms with Gasteiger partial charge in [0.1, 0.15) is 10.5 Å². The van der Waals surface area contributed by atoms with Gasteiger partial charge in [-0.25, -0.2) is 8.42 Å². The quantitative estimate of drug-likeness (QED) is 0.378. The Kier molecular flexibility index (Phi) is 7.16. The largest absolute Gasteiger partial charge is 0.424 e. The summed E-state index contributed by atoms with van der Waals surface area (Å²) in [5, 5.41) is 0.706. The molecular weight excluding hydrogens is 529 g/mol. The molecule has 1 fully saturated rings. The minimum atomic E-state index is -4.45. The molecule has 1 amide bonds. The van der Waals surface area contributed by atoms with E-state index < -0.39 is 21.8 Å². The highest BCUT2D eigenvalue weighted by Crippen LogP contribution is 2.28. The van der Waals surface area contributed by atoms with Gasteiger partial charge in [0.25, 0.3) is 15.9 Å². The summed E-state index contributed by atoms with van der Waals surface area (Å²) >= 11 is 0. The highest BCUT2D eigenvalue weighted by molar-refractivity contribution is 7.93. The summed E-state index contributed by atoms with van der Waals surface area (Å²) in [5.74, 6) is -0.184. The molecule has 4 aromatic rings. The zero-order chi connectivity index (χ0) is 27.6. The molecule has 39 heavy (non-hydrogen) atoms. The van der Waals surface area contributed by atoms with E-state index in [1.165, 1.54) is 30.5 Å². The van der Waals surface area contributed by atoms with Gasteiger partial charge in [-0.2, -0.15) is 13.2 Å². The van der Waals surface area contributed by atoms with Crippen LogP contribution in [-0.4, -0.2) is 55.3 Å². The van der Waals surface area contributed by atoms with Crippen LogP contribution in [-0.2, 0) is 22.7 Å². The lowest BCUT2D eigenvalue weighted by Crippen LogP contribution is -2.48. The molecule has 200 valence electrons. The number of fused-ring (bicyclic) bond motifs is 1. The van der Waals surface area contributed by atoms with Gasteiger partial charge in [-0.3, -0.25) is 19.4 Å². The molecule has 2 heterocycles. The molecule has 0 unspecified atom stereocenters. The van der Waals surface area contributed by atoms with E-state index in [1.54, 1.807) is 41.3 Å². The second kappa shape index (κ2) is 10.6. The first-order chi connectivity index (χ1) is 18.6. The zero-order valence-corrected chi connectivity index (χ0v) is 21.4. The average Bonchev–Trinajstić information content (AvgIpc) is 2.93. The van der Waals surface area contributed by atoms with E-state index in [0.29, 0.717) is 60.4 Å². The number of anilines is 1. The Morgan fingerprint density at radius 1 is 0.923 bits per heavy atom. The number of pyridine rings is 1. The molecule has 1 aliphatic rings. The number of para-hydroxylation sites is 1. The number of carbonyl (C=O) groups excluding carboxylic acids is 1. The van der Waals surface area contributed by atoms with Gasteiger partial charge in [-0.05, 0) is 48.5 Å². The summed E-state index contributed by atoms with van der Waals surface area (Å²) in [6, 6.07) is 21.8. The average molecular weight is 553 g/mol. The molecule has 1 aromatic heterocycles. The zero-order valence-electron chi connectivity index (χ0n) is 20.6. The molecule has 1 saturated heterocycles. The topological polar surface area (TPSA) is 82.6 Å². The third kappa shape index (κ3) is 5.97. The number of piperazine rings is 1. The standard InChI is InChI=1S/C28H23F3N4O3S/c29-28(30,31)23-10-6-20(7-11-23)19-34-15-17-35(18-16-34)27(36)22-8-12-24(13-9-22)33-39(37,38)25-5-1-3-21-4-2-14-32-26(21)25/h1-6,8-10,12-14,33H,15-19H2. The predicted octanol–water partition coefficient (Wildman–Crippen LogP) is 4.61. The fourth-order valence-electron chi connectivity index (χ4n) is 4.39. The van der Waals surface area contributed by atoms with E-state index in [0.717, 1.165) is 6.07 Å². The number of amides is 1. The molecule has 0 saturated carbocycles. The Labute approximate surface area is 223 Å². The van der Waals surface area contributed by atoms with Crippen molar-refractivity contribution in [1.82, 2.24) is 14.8 Å². The summed E-state index contributed by atoms with van der Waals surface area (Å²) in [7, 11) is -3.91. The summed E-state index contributed by atoms with van der Waals surface area (Å²) < 4.78 is 66.7. The Balaban J connectivity index is 1.18. The van der Waals surface area contributed by atoms with Crippen LogP contribution < -0.4 is 4.72 Å². The predicted molar refractivity (Wildman–Crippen MR) is 139 cm³/mol. The number of sulfonamides is 1. The maximum atomic E-state index is 13.0. The maximum absolute atomic E-state index is 13.0. The van der Waals surface area contributed by atoms with Gasteiger partial charge in [-0.15, -0.1) is 0 Å². The SMILES string of the molecule is O=C(c1ccc(NS(=O)(=O)c2cccc3cccnc23)cc1)N1CCN(Cc2c#cc(C(F)(F)F)cc2)CC1. The number of rotatable bonds is 6. The van der Waals surface area contributed by atoms with E-state index in [1.807, 2.05) is 4.90 Å². The monoisotopic (exact) mass is 552 g/mol. The minimum absolute atomic E-state index is 0.0606. The maximum Gasteiger partial charge on any atom is 0.424 e. The van der Waals surface area contributed by atoms with Crippen LogP contribution in [0.4, 0.5) is 18.9 Å². The summed E-state index contributed by atoms with van der Waals surface area (Å²) in [6.45, 7) is 2.42. The lowest BCUT2D eigenvalue weighted by molar-refractivity contribution is -0.137. The van der Waals surface area contributed by atoms with Crippen molar-refractivity contribution in [3.63, 3.8) is 0 Å². The van der Waals surface area contributed by atoms with E-state index in [-0.39, 0.29) is 10.8 Å². The summed E-state index contributed by atoms with van der Waals surface area (Å²) in [5.41, 5.74) is 0.844. The first-order valence-electron chi connectivity index (χ1n) is 12.1. The van der Waals surface area contributed by atoms with Crippen LogP contribution in [0.1, 0.15) is 21.5 Å². The molecule has 0 spiro atoms. The smallest absolute Gasteiger partial charge is 0.336 e. The van der Waals surface area contributed by atoms with Gasteiger partial charge >= 0.3 is 6.18 Å². The van der Waals surface area contributed by atoms with Crippen LogP contribution in [0.15, 0.2) is 77.8 Å². The summed E-state index contributed by atoms with van der Waals surface area (Å²) in [6.07, 6.45) is -2.91. The van der Waals surface area contributed by atoms with Gasteiger partial charge in [0.2, 0.25) is 0 Å². The number of benzene rings is 2. The molecule has 7 nitrogen and oxygen atoms in total. The molecule has 11 heteroatoms. The van der Waals surface area contributed by atoms with Crippen molar-refractivity contribution in [2.45, 2.75) is 17.6 Å². The molecule has 5 rings (SSSR count). The lowest BCUT2D eigenvalue weighted by Gasteiger charge is -2.34. The number of halogens is 3. The minimum Gasteiger partial charge on any atom is -0.336 e. The highest BCUT2D eigenvalue weighted by Gasteiger charge is 2.30. The van der Waals surface area contributed by atoms with Crippen molar-refractivity contribution in [3.8, 4) is 0 Å². The molecular formula is C28H23F3N4O3S. The van der Waals surface area contributed by atoms with Crippen molar-refractivity contribution < 1.29 is 26.4 Å². The van der Waals surface area contributed by atoms with E-state index in [4.69, 9.17) is 0 Å². The molecule has 0 atom stereocenters. The second-order valence-electron chi connectivity index (χ2n) is 9.10. The van der Waals surface area contributed by atoms with Gasteiger partial charge < -0.3 is 4.90 Å².